The normalized spacial score (nSPS) is 33.7. The molecule has 2 rings (SSSR count). The molecule has 0 aromatic carbocycles. The van der Waals surface area contributed by atoms with Crippen molar-refractivity contribution in [1.29, 1.82) is 0 Å². The molecule has 1 saturated heterocycles. The van der Waals surface area contributed by atoms with Gasteiger partial charge in [-0.1, -0.05) is 34.6 Å². The first-order valence-corrected chi connectivity index (χ1v) is 10.2. The number of nitrogens with zero attached hydrogens (tertiary/aromatic N) is 1. The van der Waals surface area contributed by atoms with Gasteiger partial charge in [-0.2, -0.15) is 11.8 Å². The van der Waals surface area contributed by atoms with Crippen LogP contribution in [0.3, 0.4) is 0 Å². The molecule has 2 nitrogen and oxygen atoms in total. The van der Waals surface area contributed by atoms with Gasteiger partial charge in [0, 0.05) is 36.0 Å². The standard InChI is InChI=1S/C18H36N2S/c1-6-18(7-2)13-20(17(12-19-18)14(4)5)15-9-10-16(11-15)21-8-3/h14-17,19H,6-13H2,1-5H3. The quantitative estimate of drug-likeness (QED) is 0.793. The van der Waals surface area contributed by atoms with Crippen molar-refractivity contribution in [3.8, 4) is 0 Å². The summed E-state index contributed by atoms with van der Waals surface area (Å²) in [6.07, 6.45) is 6.79. The molecule has 1 saturated carbocycles. The van der Waals surface area contributed by atoms with E-state index in [0.717, 1.165) is 23.3 Å². The number of piperazine rings is 1. The van der Waals surface area contributed by atoms with Crippen molar-refractivity contribution in [3.63, 3.8) is 0 Å². The largest absolute Gasteiger partial charge is 0.308 e. The Bertz CT molecular complexity index is 314. The van der Waals surface area contributed by atoms with Crippen LogP contribution in [0.2, 0.25) is 0 Å². The Kier molecular flexibility index (Phi) is 6.46. The summed E-state index contributed by atoms with van der Waals surface area (Å²) in [5.41, 5.74) is 0.362. The minimum absolute atomic E-state index is 0.362. The van der Waals surface area contributed by atoms with Gasteiger partial charge in [-0.05, 0) is 43.8 Å². The van der Waals surface area contributed by atoms with Gasteiger partial charge in [-0.25, -0.2) is 0 Å². The second kappa shape index (κ2) is 7.70. The van der Waals surface area contributed by atoms with Gasteiger partial charge in [0.1, 0.15) is 0 Å². The third-order valence-electron chi connectivity index (χ3n) is 5.95. The molecule has 124 valence electrons. The zero-order valence-corrected chi connectivity index (χ0v) is 15.6. The van der Waals surface area contributed by atoms with Crippen LogP contribution in [-0.4, -0.2) is 46.6 Å². The molecule has 0 aromatic rings. The minimum Gasteiger partial charge on any atom is -0.308 e. The van der Waals surface area contributed by atoms with Gasteiger partial charge in [0.15, 0.2) is 0 Å². The van der Waals surface area contributed by atoms with Crippen LogP contribution in [0, 0.1) is 5.92 Å². The van der Waals surface area contributed by atoms with Crippen molar-refractivity contribution in [1.82, 2.24) is 10.2 Å². The fourth-order valence-corrected chi connectivity index (χ4v) is 5.44. The molecular formula is C18H36N2S. The maximum absolute atomic E-state index is 3.91. The molecular weight excluding hydrogens is 276 g/mol. The molecule has 0 aromatic heterocycles. The molecule has 3 atom stereocenters. The molecule has 1 heterocycles. The minimum atomic E-state index is 0.362. The van der Waals surface area contributed by atoms with Gasteiger partial charge in [-0.3, -0.25) is 4.90 Å². The first kappa shape index (κ1) is 17.6. The van der Waals surface area contributed by atoms with E-state index in [2.05, 4.69) is 56.6 Å². The zero-order valence-electron chi connectivity index (χ0n) is 14.8. The van der Waals surface area contributed by atoms with Gasteiger partial charge in [-0.15, -0.1) is 0 Å². The highest BCUT2D eigenvalue weighted by Crippen LogP contribution is 2.37. The second-order valence-corrected chi connectivity index (χ2v) is 8.97. The third kappa shape index (κ3) is 3.97. The van der Waals surface area contributed by atoms with E-state index in [1.165, 1.54) is 50.9 Å². The SMILES string of the molecule is CCSC1CCC(N2CC(CC)(CC)NCC2C(C)C)C1. The summed E-state index contributed by atoms with van der Waals surface area (Å²) in [4.78, 5) is 2.91. The monoisotopic (exact) mass is 312 g/mol. The first-order chi connectivity index (χ1) is 10.0. The Morgan fingerprint density at radius 2 is 1.90 bits per heavy atom. The van der Waals surface area contributed by atoms with Crippen molar-refractivity contribution < 1.29 is 0 Å². The highest BCUT2D eigenvalue weighted by Gasteiger charge is 2.42. The fourth-order valence-electron chi connectivity index (χ4n) is 4.31. The zero-order chi connectivity index (χ0) is 15.5. The Morgan fingerprint density at radius 1 is 1.19 bits per heavy atom. The predicted molar refractivity (Wildman–Crippen MR) is 96.2 cm³/mol. The average Bonchev–Trinajstić information content (AvgIpc) is 2.95. The van der Waals surface area contributed by atoms with Gasteiger partial charge >= 0.3 is 0 Å². The van der Waals surface area contributed by atoms with Crippen LogP contribution < -0.4 is 5.32 Å². The van der Waals surface area contributed by atoms with Crippen LogP contribution in [0.15, 0.2) is 0 Å². The topological polar surface area (TPSA) is 15.3 Å². The van der Waals surface area contributed by atoms with E-state index < -0.39 is 0 Å². The molecule has 1 N–H and O–H groups in total. The molecule has 0 radical (unpaired) electrons. The van der Waals surface area contributed by atoms with E-state index in [4.69, 9.17) is 0 Å². The summed E-state index contributed by atoms with van der Waals surface area (Å²) in [6.45, 7) is 14.3. The van der Waals surface area contributed by atoms with Crippen LogP contribution in [0.5, 0.6) is 0 Å². The number of thioether (sulfide) groups is 1. The number of hydrogen-bond donors (Lipinski definition) is 1. The maximum atomic E-state index is 3.91. The van der Waals surface area contributed by atoms with Gasteiger partial charge < -0.3 is 5.32 Å². The molecule has 0 bridgehead atoms. The summed E-state index contributed by atoms with van der Waals surface area (Å²) in [7, 11) is 0. The van der Waals surface area contributed by atoms with Crippen LogP contribution in [0.4, 0.5) is 0 Å². The van der Waals surface area contributed by atoms with E-state index in [-0.39, 0.29) is 0 Å². The van der Waals surface area contributed by atoms with E-state index in [9.17, 15) is 0 Å². The number of nitrogens with one attached hydrogen (secondary N) is 1. The lowest BCUT2D eigenvalue weighted by Gasteiger charge is -2.51. The molecule has 2 fully saturated rings. The Labute approximate surface area is 136 Å². The van der Waals surface area contributed by atoms with Crippen LogP contribution in [-0.2, 0) is 0 Å². The van der Waals surface area contributed by atoms with Gasteiger partial charge in [0.25, 0.3) is 0 Å². The van der Waals surface area contributed by atoms with Gasteiger partial charge in [0.2, 0.25) is 0 Å². The molecule has 0 spiro atoms. The molecule has 1 aliphatic carbocycles. The van der Waals surface area contributed by atoms with Crippen molar-refractivity contribution >= 4 is 11.8 Å². The first-order valence-electron chi connectivity index (χ1n) is 9.17. The second-order valence-electron chi connectivity index (χ2n) is 7.40. The van der Waals surface area contributed by atoms with Crippen LogP contribution >= 0.6 is 11.8 Å². The lowest BCUT2D eigenvalue weighted by atomic mass is 9.85. The lowest BCUT2D eigenvalue weighted by Crippen LogP contribution is -2.66. The summed E-state index contributed by atoms with van der Waals surface area (Å²) >= 11 is 2.19. The molecule has 2 aliphatic rings. The summed E-state index contributed by atoms with van der Waals surface area (Å²) < 4.78 is 0. The van der Waals surface area contributed by atoms with Crippen molar-refractivity contribution in [2.75, 3.05) is 18.8 Å². The Morgan fingerprint density at radius 3 is 2.48 bits per heavy atom. The summed E-state index contributed by atoms with van der Waals surface area (Å²) in [5, 5.41) is 4.82. The van der Waals surface area contributed by atoms with Gasteiger partial charge in [0.05, 0.1) is 0 Å². The molecule has 3 unspecified atom stereocenters. The fraction of sp³-hybridized carbons (Fsp3) is 1.00. The molecule has 21 heavy (non-hydrogen) atoms. The Balaban J connectivity index is 2.08. The van der Waals surface area contributed by atoms with Crippen molar-refractivity contribution in [2.45, 2.75) is 89.6 Å². The molecule has 0 amide bonds. The molecule has 3 heteroatoms. The average molecular weight is 313 g/mol. The van der Waals surface area contributed by atoms with E-state index >= 15 is 0 Å². The smallest absolute Gasteiger partial charge is 0.0304 e. The van der Waals surface area contributed by atoms with E-state index in [0.29, 0.717) is 5.54 Å². The van der Waals surface area contributed by atoms with E-state index in [1.807, 2.05) is 0 Å². The summed E-state index contributed by atoms with van der Waals surface area (Å²) in [6, 6.07) is 1.56. The summed E-state index contributed by atoms with van der Waals surface area (Å²) in [5.74, 6) is 2.03. The van der Waals surface area contributed by atoms with Crippen LogP contribution in [0.25, 0.3) is 0 Å². The van der Waals surface area contributed by atoms with E-state index in [1.54, 1.807) is 0 Å². The lowest BCUT2D eigenvalue weighted by molar-refractivity contribution is 0.0187. The molecule has 1 aliphatic heterocycles. The van der Waals surface area contributed by atoms with Crippen molar-refractivity contribution in [3.05, 3.63) is 0 Å². The predicted octanol–water partition coefficient (Wildman–Crippen LogP) is 4.15. The maximum Gasteiger partial charge on any atom is 0.0304 e. The highest BCUT2D eigenvalue weighted by molar-refractivity contribution is 7.99. The highest BCUT2D eigenvalue weighted by atomic mass is 32.2. The Hall–Kier alpha value is 0.270. The number of rotatable bonds is 6. The number of hydrogen-bond acceptors (Lipinski definition) is 3. The third-order valence-corrected chi connectivity index (χ3v) is 7.18. The van der Waals surface area contributed by atoms with Crippen molar-refractivity contribution in [2.24, 2.45) is 5.92 Å². The van der Waals surface area contributed by atoms with Crippen LogP contribution in [0.1, 0.15) is 66.7 Å².